The largest absolute Gasteiger partial charge is 0.416 e. The number of carbonyl (C=O) groups excluding carboxylic acids is 1. The second kappa shape index (κ2) is 4.96. The predicted molar refractivity (Wildman–Crippen MR) is 55.0 cm³/mol. The monoisotopic (exact) mass is 228 g/mol. The highest BCUT2D eigenvalue weighted by molar-refractivity contribution is 5.54. The van der Waals surface area contributed by atoms with Crippen molar-refractivity contribution in [3.05, 3.63) is 47.5 Å². The average molecular weight is 228 g/mol. The zero-order chi connectivity index (χ0) is 12.2. The van der Waals surface area contributed by atoms with Gasteiger partial charge in [0.1, 0.15) is 6.29 Å². The first-order chi connectivity index (χ1) is 7.45. The number of allylic oxidation sites excluding steroid dienone is 1. The van der Waals surface area contributed by atoms with Crippen molar-refractivity contribution in [1.82, 2.24) is 0 Å². The molecule has 0 saturated heterocycles. The zero-order valence-corrected chi connectivity index (χ0v) is 8.55. The van der Waals surface area contributed by atoms with E-state index in [4.69, 9.17) is 0 Å². The maximum atomic E-state index is 12.6. The molecule has 0 aromatic heterocycles. The fourth-order valence-corrected chi connectivity index (χ4v) is 1.41. The molecule has 0 amide bonds. The van der Waals surface area contributed by atoms with Crippen LogP contribution in [0, 0.1) is 0 Å². The van der Waals surface area contributed by atoms with E-state index in [0.717, 1.165) is 6.07 Å². The molecule has 1 aromatic rings. The minimum atomic E-state index is -4.36. The molecule has 4 heteroatoms. The van der Waals surface area contributed by atoms with Crippen LogP contribution in [0.5, 0.6) is 0 Å². The maximum Gasteiger partial charge on any atom is 0.416 e. The third-order valence-electron chi connectivity index (χ3n) is 2.14. The van der Waals surface area contributed by atoms with Crippen LogP contribution in [0.25, 0.3) is 0 Å². The second-order valence-electron chi connectivity index (χ2n) is 3.45. The number of hydrogen-bond acceptors (Lipinski definition) is 1. The summed E-state index contributed by atoms with van der Waals surface area (Å²) in [4.78, 5) is 10.2. The molecule has 1 rings (SSSR count). The van der Waals surface area contributed by atoms with Gasteiger partial charge in [-0.05, 0) is 18.1 Å². The van der Waals surface area contributed by atoms with E-state index in [1.807, 2.05) is 0 Å². The second-order valence-corrected chi connectivity index (χ2v) is 3.45. The minimum absolute atomic E-state index is 0.0778. The molecule has 0 aliphatic heterocycles. The van der Waals surface area contributed by atoms with Crippen molar-refractivity contribution in [2.24, 2.45) is 0 Å². The smallest absolute Gasteiger partial charge is 0.303 e. The lowest BCUT2D eigenvalue weighted by molar-refractivity contribution is -0.138. The molecule has 0 saturated carbocycles. The molecule has 0 radical (unpaired) electrons. The number of halogens is 3. The third-order valence-corrected chi connectivity index (χ3v) is 2.14. The first kappa shape index (κ1) is 12.5. The van der Waals surface area contributed by atoms with Crippen molar-refractivity contribution < 1.29 is 18.0 Å². The Labute approximate surface area is 91.6 Å². The Morgan fingerprint density at radius 2 is 1.94 bits per heavy atom. The van der Waals surface area contributed by atoms with Crippen LogP contribution in [0.15, 0.2) is 36.4 Å². The summed E-state index contributed by atoms with van der Waals surface area (Å²) < 4.78 is 37.8. The van der Waals surface area contributed by atoms with Crippen molar-refractivity contribution in [2.75, 3.05) is 0 Å². The molecule has 0 unspecified atom stereocenters. The summed E-state index contributed by atoms with van der Waals surface area (Å²) in [6.07, 6.45) is -3.56. The summed E-state index contributed by atoms with van der Waals surface area (Å²) in [6, 6.07) is 5.32. The Bertz CT molecular complexity index is 393. The highest BCUT2D eigenvalue weighted by atomic mass is 19.4. The van der Waals surface area contributed by atoms with Crippen molar-refractivity contribution in [1.29, 1.82) is 0 Å². The van der Waals surface area contributed by atoms with Gasteiger partial charge in [0, 0.05) is 6.42 Å². The van der Waals surface area contributed by atoms with Crippen LogP contribution in [0.1, 0.15) is 17.5 Å². The van der Waals surface area contributed by atoms with Gasteiger partial charge in [-0.1, -0.05) is 30.4 Å². The molecule has 16 heavy (non-hydrogen) atoms. The van der Waals surface area contributed by atoms with E-state index in [2.05, 4.69) is 6.58 Å². The van der Waals surface area contributed by atoms with Gasteiger partial charge in [-0.25, -0.2) is 0 Å². The van der Waals surface area contributed by atoms with Crippen LogP contribution in [-0.2, 0) is 17.4 Å². The summed E-state index contributed by atoms with van der Waals surface area (Å²) in [6.45, 7) is 3.56. The van der Waals surface area contributed by atoms with Gasteiger partial charge in [-0.3, -0.25) is 0 Å². The fraction of sp³-hybridized carbons (Fsp3) is 0.250. The van der Waals surface area contributed by atoms with Crippen molar-refractivity contribution in [2.45, 2.75) is 19.0 Å². The van der Waals surface area contributed by atoms with E-state index in [0.29, 0.717) is 11.9 Å². The van der Waals surface area contributed by atoms with E-state index < -0.39 is 11.7 Å². The normalized spacial score (nSPS) is 11.2. The topological polar surface area (TPSA) is 17.1 Å². The molecule has 0 aliphatic rings. The third kappa shape index (κ3) is 3.22. The SMILES string of the molecule is C=C(CC=O)Cc1ccccc1C(F)(F)F. The van der Waals surface area contributed by atoms with Gasteiger partial charge in [-0.15, -0.1) is 0 Å². The van der Waals surface area contributed by atoms with Crippen LogP contribution in [0.3, 0.4) is 0 Å². The van der Waals surface area contributed by atoms with Crippen LogP contribution >= 0.6 is 0 Å². The van der Waals surface area contributed by atoms with Gasteiger partial charge < -0.3 is 4.79 Å². The number of carbonyl (C=O) groups is 1. The first-order valence-corrected chi connectivity index (χ1v) is 4.70. The van der Waals surface area contributed by atoms with Crippen LogP contribution in [-0.4, -0.2) is 6.29 Å². The zero-order valence-electron chi connectivity index (χ0n) is 8.55. The number of rotatable bonds is 4. The standard InChI is InChI=1S/C12H11F3O/c1-9(6-7-16)8-10-4-2-3-5-11(10)12(13,14)15/h2-5,7H,1,6,8H2. The van der Waals surface area contributed by atoms with E-state index in [1.54, 1.807) is 6.07 Å². The Hall–Kier alpha value is -1.58. The first-order valence-electron chi connectivity index (χ1n) is 4.70. The maximum absolute atomic E-state index is 12.6. The highest BCUT2D eigenvalue weighted by Crippen LogP contribution is 2.32. The van der Waals surface area contributed by atoms with Gasteiger partial charge in [0.2, 0.25) is 0 Å². The quantitative estimate of drug-likeness (QED) is 0.570. The lowest BCUT2D eigenvalue weighted by Gasteiger charge is -2.12. The van der Waals surface area contributed by atoms with Crippen LogP contribution in [0.2, 0.25) is 0 Å². The summed E-state index contributed by atoms with van der Waals surface area (Å²) in [5.41, 5.74) is -0.0319. The van der Waals surface area contributed by atoms with Gasteiger partial charge in [0.05, 0.1) is 5.56 Å². The molecule has 0 aliphatic carbocycles. The average Bonchev–Trinajstić information content (AvgIpc) is 2.17. The van der Waals surface area contributed by atoms with Crippen molar-refractivity contribution >= 4 is 6.29 Å². The molecule has 0 N–H and O–H groups in total. The molecule has 86 valence electrons. The van der Waals surface area contributed by atoms with E-state index in [9.17, 15) is 18.0 Å². The summed E-state index contributed by atoms with van der Waals surface area (Å²) in [7, 11) is 0. The molecular weight excluding hydrogens is 217 g/mol. The summed E-state index contributed by atoms with van der Waals surface area (Å²) in [5, 5.41) is 0. The molecule has 0 atom stereocenters. The molecule has 0 fully saturated rings. The van der Waals surface area contributed by atoms with Crippen molar-refractivity contribution in [3.63, 3.8) is 0 Å². The van der Waals surface area contributed by atoms with Crippen LogP contribution in [0.4, 0.5) is 13.2 Å². The van der Waals surface area contributed by atoms with Gasteiger partial charge in [0.25, 0.3) is 0 Å². The molecule has 1 aromatic carbocycles. The van der Waals surface area contributed by atoms with Gasteiger partial charge in [-0.2, -0.15) is 13.2 Å². The molecule has 0 bridgehead atoms. The highest BCUT2D eigenvalue weighted by Gasteiger charge is 2.32. The minimum Gasteiger partial charge on any atom is -0.303 e. The van der Waals surface area contributed by atoms with E-state index in [-0.39, 0.29) is 18.4 Å². The molecule has 1 nitrogen and oxygen atoms in total. The predicted octanol–water partition coefficient (Wildman–Crippen LogP) is 3.39. The number of alkyl halides is 3. The summed E-state index contributed by atoms with van der Waals surface area (Å²) >= 11 is 0. The van der Waals surface area contributed by atoms with Gasteiger partial charge >= 0.3 is 6.18 Å². The van der Waals surface area contributed by atoms with E-state index in [1.165, 1.54) is 12.1 Å². The Morgan fingerprint density at radius 3 is 2.50 bits per heavy atom. The summed E-state index contributed by atoms with van der Waals surface area (Å²) in [5.74, 6) is 0. The number of hydrogen-bond donors (Lipinski definition) is 0. The van der Waals surface area contributed by atoms with E-state index >= 15 is 0 Å². The Morgan fingerprint density at radius 1 is 1.31 bits per heavy atom. The Kier molecular flexibility index (Phi) is 3.88. The number of benzene rings is 1. The number of aldehydes is 1. The molecule has 0 spiro atoms. The molecule has 0 heterocycles. The van der Waals surface area contributed by atoms with Crippen LogP contribution < -0.4 is 0 Å². The fourth-order valence-electron chi connectivity index (χ4n) is 1.41. The molecular formula is C12H11F3O. The Balaban J connectivity index is 2.96. The van der Waals surface area contributed by atoms with Gasteiger partial charge in [0.15, 0.2) is 0 Å². The van der Waals surface area contributed by atoms with Crippen molar-refractivity contribution in [3.8, 4) is 0 Å². The lowest BCUT2D eigenvalue weighted by Crippen LogP contribution is -2.09. The lowest BCUT2D eigenvalue weighted by atomic mass is 9.99.